The van der Waals surface area contributed by atoms with Crippen LogP contribution >= 0.6 is 0 Å². The van der Waals surface area contributed by atoms with Crippen LogP contribution in [0.15, 0.2) is 67.3 Å². The molecule has 13 nitrogen and oxygen atoms in total. The number of anilines is 3. The van der Waals surface area contributed by atoms with E-state index in [1.54, 1.807) is 10.9 Å². The van der Waals surface area contributed by atoms with Crippen LogP contribution in [0.3, 0.4) is 0 Å². The molecule has 14 heteroatoms. The molecule has 1 aromatic carbocycles. The number of unbranched alkanes of at least 4 members (excludes halogenated alkanes) is 1. The average molecular weight is 840 g/mol. The molecule has 1 saturated heterocycles. The third-order valence-electron chi connectivity index (χ3n) is 8.39. The fourth-order valence-electron chi connectivity index (χ4n) is 5.91. The summed E-state index contributed by atoms with van der Waals surface area (Å²) in [5.41, 5.74) is 3.26. The van der Waals surface area contributed by atoms with Crippen molar-refractivity contribution in [2.24, 2.45) is 7.05 Å². The first-order chi connectivity index (χ1) is 23.5. The van der Waals surface area contributed by atoms with E-state index < -0.39 is 23.0 Å². The number of pyridine rings is 1. The number of nitriles is 1. The van der Waals surface area contributed by atoms with Crippen molar-refractivity contribution >= 4 is 59.2 Å². The number of hydrogen-bond acceptors (Lipinski definition) is 10. The number of benzene rings is 1. The number of aryl methyl sites for hydroxylation is 1. The minimum atomic E-state index is -2.84. The van der Waals surface area contributed by atoms with Gasteiger partial charge in [0.05, 0.1) is 0 Å². The van der Waals surface area contributed by atoms with Gasteiger partial charge in [0.25, 0.3) is 0 Å². The second-order valence-corrected chi connectivity index (χ2v) is 23.3. The van der Waals surface area contributed by atoms with Gasteiger partial charge in [-0.3, -0.25) is 0 Å². The van der Waals surface area contributed by atoms with Gasteiger partial charge in [-0.05, 0) is 0 Å². The molecule has 0 aliphatic carbocycles. The topological polar surface area (TPSA) is 162 Å². The predicted octanol–water partition coefficient (Wildman–Crippen LogP) is 4.50. The van der Waals surface area contributed by atoms with Gasteiger partial charge in [0.2, 0.25) is 0 Å². The summed E-state index contributed by atoms with van der Waals surface area (Å²) in [5.74, 6) is 1.55. The van der Waals surface area contributed by atoms with E-state index in [0.717, 1.165) is 50.1 Å². The van der Waals surface area contributed by atoms with Crippen LogP contribution < -0.4 is 18.2 Å². The number of hydrogen-bond donors (Lipinski definition) is 2. The molecule has 2 N–H and O–H groups in total. The zero-order valence-electron chi connectivity index (χ0n) is 27.0. The van der Waals surface area contributed by atoms with Crippen molar-refractivity contribution in [3.8, 4) is 17.2 Å². The first-order valence-corrected chi connectivity index (χ1v) is 24.6. The molecule has 0 saturated carbocycles. The summed E-state index contributed by atoms with van der Waals surface area (Å²) in [5, 5.41) is 20.6. The first kappa shape index (κ1) is 34.6. The molecule has 0 atom stereocenters. The first-order valence-electron chi connectivity index (χ1n) is 16.2. The molecule has 1 aliphatic heterocycles. The maximum atomic E-state index is 13.8. The third kappa shape index (κ3) is 9.21. The average Bonchev–Trinajstić information content (AvgIpc) is 3.56. The molecule has 48 heavy (non-hydrogen) atoms. The van der Waals surface area contributed by atoms with Crippen molar-refractivity contribution in [2.75, 3.05) is 26.0 Å². The van der Waals surface area contributed by atoms with E-state index >= 15 is 0 Å². The molecule has 3 aromatic heterocycles. The molecule has 4 heterocycles. The summed E-state index contributed by atoms with van der Waals surface area (Å²) in [6.45, 7) is 1.33. The summed E-state index contributed by atoms with van der Waals surface area (Å²) in [4.78, 5) is 51.5. The minimum absolute atomic E-state index is 0.107. The van der Waals surface area contributed by atoms with Gasteiger partial charge in [0, 0.05) is 0 Å². The van der Waals surface area contributed by atoms with Crippen LogP contribution in [0.1, 0.15) is 43.2 Å². The van der Waals surface area contributed by atoms with E-state index in [-0.39, 0.29) is 18.5 Å². The molecule has 246 valence electrons. The van der Waals surface area contributed by atoms with Crippen LogP contribution in [0, 0.1) is 11.3 Å². The van der Waals surface area contributed by atoms with Crippen LogP contribution in [-0.4, -0.2) is 85.5 Å². The van der Waals surface area contributed by atoms with Crippen LogP contribution in [0.2, 0.25) is 7.96 Å². The molecule has 1 aliphatic rings. The summed E-state index contributed by atoms with van der Waals surface area (Å²) >= 11 is -2.84. The Hall–Kier alpha value is -4.72. The van der Waals surface area contributed by atoms with E-state index in [2.05, 4.69) is 26.8 Å². The van der Waals surface area contributed by atoms with Crippen molar-refractivity contribution in [1.29, 1.82) is 5.26 Å². The predicted molar refractivity (Wildman–Crippen MR) is 185 cm³/mol. The Balaban J connectivity index is 1.29. The number of aromatic nitrogens is 5. The molecule has 0 unspecified atom stereocenters. The quantitative estimate of drug-likeness (QED) is 0.0991. The van der Waals surface area contributed by atoms with Gasteiger partial charge in [0.15, 0.2) is 0 Å². The Labute approximate surface area is 288 Å². The van der Waals surface area contributed by atoms with Crippen molar-refractivity contribution in [1.82, 2.24) is 30.0 Å². The normalized spacial score (nSPS) is 13.0. The Morgan fingerprint density at radius 2 is 1.81 bits per heavy atom. The van der Waals surface area contributed by atoms with Gasteiger partial charge in [-0.15, -0.1) is 0 Å². The standard InChI is InChI=1S/C17H23N5O2.C17H17N5O.Tl/c1-3-15(4-2)20-17-19-13-14(12-18)16(21-17)22(9-7-11-24)8-5-6-10-23;1-22-12-15(11-20-22)14-7-8-16(18-10-14)21-17(23)19-9-13-5-3-2-4-6-13;/h10-11,13,15H,1-9H2,(H,19,20,21);2-8,10-12H,9H2,1H3,(H2,18,19,21,23);/q;;+1/p-1. The molecular weight excluding hydrogens is 801 g/mol. The van der Waals surface area contributed by atoms with E-state index in [0.29, 0.717) is 55.6 Å². The number of nitrogens with one attached hydrogen (secondary N) is 2. The van der Waals surface area contributed by atoms with Gasteiger partial charge in [-0.25, -0.2) is 0 Å². The summed E-state index contributed by atoms with van der Waals surface area (Å²) in [7, 11) is 1.87. The van der Waals surface area contributed by atoms with Crippen molar-refractivity contribution in [3.05, 3.63) is 78.4 Å². The fourth-order valence-corrected chi connectivity index (χ4v) is 18.8. The Kier molecular flexibility index (Phi) is 12.6. The Morgan fingerprint density at radius 3 is 2.48 bits per heavy atom. The second-order valence-electron chi connectivity index (χ2n) is 11.8. The molecule has 2 amide bonds. The fraction of sp³-hybridized carbons (Fsp3) is 0.353. The van der Waals surface area contributed by atoms with Gasteiger partial charge < -0.3 is 4.79 Å². The number of aldehydes is 2. The Bertz CT molecular complexity index is 1700. The molecular formula is C34H39N10O3Tl. The third-order valence-corrected chi connectivity index (χ3v) is 20.9. The monoisotopic (exact) mass is 840 g/mol. The molecule has 5 rings (SSSR count). The van der Waals surface area contributed by atoms with E-state index in [1.807, 2.05) is 69.5 Å². The number of carbonyl (C=O) groups excluding carboxylic acids is 3. The van der Waals surface area contributed by atoms with E-state index in [4.69, 9.17) is 9.97 Å². The molecule has 0 spiro atoms. The van der Waals surface area contributed by atoms with Crippen LogP contribution in [0.4, 0.5) is 22.4 Å². The number of carbonyl (C=O) groups is 3. The molecule has 4 aromatic rings. The SMILES string of the molecule is Cn1cc(-c2ccc([N](C(=O)NCc3ccccc3)[Tl]3[CH2]CC(Nc4ncc(C#N)c(N(CCC=O)CCCC=O)n4)C[CH2]3)nc2)cn1. The number of urea groups is 1. The molecule has 0 bridgehead atoms. The van der Waals surface area contributed by atoms with Crippen molar-refractivity contribution in [2.45, 2.75) is 52.7 Å². The van der Waals surface area contributed by atoms with E-state index in [9.17, 15) is 19.6 Å². The zero-order valence-corrected chi connectivity index (χ0v) is 31.5. The van der Waals surface area contributed by atoms with Crippen LogP contribution in [0.5, 0.6) is 0 Å². The molecule has 0 radical (unpaired) electrons. The van der Waals surface area contributed by atoms with Crippen molar-refractivity contribution in [3.63, 3.8) is 0 Å². The number of nitrogens with zero attached hydrogens (tertiary/aromatic N) is 8. The summed E-state index contributed by atoms with van der Waals surface area (Å²) in [6.07, 6.45) is 11.7. The zero-order chi connectivity index (χ0) is 33.7. The molecule has 1 fully saturated rings. The summed E-state index contributed by atoms with van der Waals surface area (Å²) in [6, 6.07) is 16.0. The van der Waals surface area contributed by atoms with Gasteiger partial charge in [0.1, 0.15) is 0 Å². The number of rotatable bonds is 15. The van der Waals surface area contributed by atoms with Gasteiger partial charge >= 0.3 is 285 Å². The maximum absolute atomic E-state index is 13.8. The van der Waals surface area contributed by atoms with Crippen LogP contribution in [-0.2, 0) is 23.2 Å². The van der Waals surface area contributed by atoms with E-state index in [1.165, 1.54) is 6.20 Å². The van der Waals surface area contributed by atoms with Crippen molar-refractivity contribution < 1.29 is 14.4 Å². The van der Waals surface area contributed by atoms with Crippen LogP contribution in [0.25, 0.3) is 11.1 Å². The summed E-state index contributed by atoms with van der Waals surface area (Å²) < 4.78 is 5.64. The number of amides is 2. The van der Waals surface area contributed by atoms with Gasteiger partial charge in [-0.1, -0.05) is 0 Å². The Morgan fingerprint density at radius 1 is 1.02 bits per heavy atom. The van der Waals surface area contributed by atoms with Gasteiger partial charge in [-0.2, -0.15) is 0 Å². The second kappa shape index (κ2) is 17.4.